The molecule has 1 aromatic carbocycles. The number of hydrogen-bond donors (Lipinski definition) is 1. The topological polar surface area (TPSA) is 26.7 Å². The van der Waals surface area contributed by atoms with E-state index in [9.17, 15) is 5.11 Å². The lowest BCUT2D eigenvalue weighted by Gasteiger charge is -2.39. The first-order valence-corrected chi connectivity index (χ1v) is 7.75. The summed E-state index contributed by atoms with van der Waals surface area (Å²) in [7, 11) is 0. The monoisotopic (exact) mass is 326 g/mol. The van der Waals surface area contributed by atoms with Crippen LogP contribution in [-0.2, 0) is 0 Å². The summed E-state index contributed by atoms with van der Waals surface area (Å²) in [6, 6.07) is 6.80. The maximum atomic E-state index is 9.94. The summed E-state index contributed by atoms with van der Waals surface area (Å²) >= 11 is 3.48. The molecule has 1 unspecified atom stereocenters. The molecule has 106 valence electrons. The van der Waals surface area contributed by atoms with Gasteiger partial charge < -0.3 is 10.0 Å². The molecular formula is C15H23BrN2O. The van der Waals surface area contributed by atoms with E-state index in [1.807, 2.05) is 13.0 Å². The molecule has 1 N–H and O–H groups in total. The molecule has 1 aromatic rings. The van der Waals surface area contributed by atoms with Crippen LogP contribution in [0.3, 0.4) is 0 Å². The molecule has 0 amide bonds. The molecule has 1 saturated heterocycles. The highest BCUT2D eigenvalue weighted by atomic mass is 79.9. The van der Waals surface area contributed by atoms with E-state index in [4.69, 9.17) is 0 Å². The minimum atomic E-state index is -0.435. The Morgan fingerprint density at radius 2 is 1.74 bits per heavy atom. The summed E-state index contributed by atoms with van der Waals surface area (Å²) in [4.78, 5) is 4.88. The number of benzene rings is 1. The Labute approximate surface area is 124 Å². The van der Waals surface area contributed by atoms with E-state index in [1.54, 1.807) is 0 Å². The summed E-state index contributed by atoms with van der Waals surface area (Å²) in [6.07, 6.45) is -0.435. The van der Waals surface area contributed by atoms with E-state index in [0.717, 1.165) is 36.2 Å². The van der Waals surface area contributed by atoms with Crippen molar-refractivity contribution in [3.63, 3.8) is 0 Å². The SMILES string of the molecule is CC(O)c1cc(Br)ccc1N1CCN(C(C)C)CC1. The highest BCUT2D eigenvalue weighted by Gasteiger charge is 2.21. The number of halogens is 1. The van der Waals surface area contributed by atoms with Gasteiger partial charge in [0, 0.05) is 47.9 Å². The summed E-state index contributed by atoms with van der Waals surface area (Å²) in [6.45, 7) is 10.6. The Balaban J connectivity index is 2.15. The number of aliphatic hydroxyl groups excluding tert-OH is 1. The summed E-state index contributed by atoms with van der Waals surface area (Å²) in [5.41, 5.74) is 2.17. The summed E-state index contributed by atoms with van der Waals surface area (Å²) in [5, 5.41) is 9.94. The molecule has 0 radical (unpaired) electrons. The van der Waals surface area contributed by atoms with Gasteiger partial charge in [0.1, 0.15) is 0 Å². The van der Waals surface area contributed by atoms with E-state index < -0.39 is 6.10 Å². The smallest absolute Gasteiger partial charge is 0.0782 e. The molecule has 19 heavy (non-hydrogen) atoms. The molecule has 1 heterocycles. The van der Waals surface area contributed by atoms with Crippen molar-refractivity contribution in [3.8, 4) is 0 Å². The number of nitrogens with zero attached hydrogens (tertiary/aromatic N) is 2. The molecule has 0 spiro atoms. The Bertz CT molecular complexity index is 426. The van der Waals surface area contributed by atoms with Gasteiger partial charge >= 0.3 is 0 Å². The number of anilines is 1. The number of aliphatic hydroxyl groups is 1. The molecule has 0 aromatic heterocycles. The zero-order chi connectivity index (χ0) is 14.0. The first-order valence-electron chi connectivity index (χ1n) is 6.95. The van der Waals surface area contributed by atoms with Gasteiger partial charge in [0.25, 0.3) is 0 Å². The first-order chi connectivity index (χ1) is 8.99. The van der Waals surface area contributed by atoms with Gasteiger partial charge in [-0.1, -0.05) is 15.9 Å². The van der Waals surface area contributed by atoms with Crippen molar-refractivity contribution in [1.82, 2.24) is 4.90 Å². The predicted molar refractivity (Wildman–Crippen MR) is 83.7 cm³/mol. The fourth-order valence-electron chi connectivity index (χ4n) is 2.63. The van der Waals surface area contributed by atoms with E-state index in [2.05, 4.69) is 51.7 Å². The van der Waals surface area contributed by atoms with Crippen LogP contribution < -0.4 is 4.90 Å². The van der Waals surface area contributed by atoms with Gasteiger partial charge in [-0.25, -0.2) is 0 Å². The largest absolute Gasteiger partial charge is 0.389 e. The lowest BCUT2D eigenvalue weighted by Crippen LogP contribution is -2.49. The van der Waals surface area contributed by atoms with Crippen LogP contribution >= 0.6 is 15.9 Å². The van der Waals surface area contributed by atoms with Gasteiger partial charge in [-0.2, -0.15) is 0 Å². The zero-order valence-corrected chi connectivity index (χ0v) is 13.5. The maximum Gasteiger partial charge on any atom is 0.0782 e. The van der Waals surface area contributed by atoms with E-state index >= 15 is 0 Å². The Morgan fingerprint density at radius 1 is 1.11 bits per heavy atom. The van der Waals surface area contributed by atoms with Crippen LogP contribution in [0.25, 0.3) is 0 Å². The zero-order valence-electron chi connectivity index (χ0n) is 11.9. The highest BCUT2D eigenvalue weighted by molar-refractivity contribution is 9.10. The van der Waals surface area contributed by atoms with Crippen LogP contribution in [0, 0.1) is 0 Å². The van der Waals surface area contributed by atoms with E-state index in [-0.39, 0.29) is 0 Å². The van der Waals surface area contributed by atoms with Gasteiger partial charge in [0.05, 0.1) is 6.10 Å². The molecule has 1 fully saturated rings. The van der Waals surface area contributed by atoms with Crippen LogP contribution in [0.5, 0.6) is 0 Å². The van der Waals surface area contributed by atoms with Crippen molar-refractivity contribution in [2.75, 3.05) is 31.1 Å². The van der Waals surface area contributed by atoms with Crippen molar-refractivity contribution >= 4 is 21.6 Å². The number of piperazine rings is 1. The first kappa shape index (κ1) is 14.8. The second-order valence-corrected chi connectivity index (χ2v) is 6.41. The molecule has 3 nitrogen and oxygen atoms in total. The third-order valence-electron chi connectivity index (χ3n) is 3.82. The fourth-order valence-corrected chi connectivity index (χ4v) is 3.01. The van der Waals surface area contributed by atoms with Gasteiger partial charge in [-0.15, -0.1) is 0 Å². The molecule has 1 aliphatic rings. The minimum Gasteiger partial charge on any atom is -0.389 e. The summed E-state index contributed by atoms with van der Waals surface area (Å²) in [5.74, 6) is 0. The normalized spacial score (nSPS) is 18.9. The molecule has 0 bridgehead atoms. The minimum absolute atomic E-state index is 0.435. The molecule has 0 aliphatic carbocycles. The average Bonchev–Trinajstić information content (AvgIpc) is 2.38. The molecule has 1 atom stereocenters. The van der Waals surface area contributed by atoms with Crippen molar-refractivity contribution in [1.29, 1.82) is 0 Å². The van der Waals surface area contributed by atoms with Gasteiger partial charge in [0.2, 0.25) is 0 Å². The third-order valence-corrected chi connectivity index (χ3v) is 4.32. The van der Waals surface area contributed by atoms with Crippen LogP contribution in [0.15, 0.2) is 22.7 Å². The number of hydrogen-bond acceptors (Lipinski definition) is 3. The van der Waals surface area contributed by atoms with Crippen LogP contribution in [0.4, 0.5) is 5.69 Å². The Hall–Kier alpha value is -0.580. The lowest BCUT2D eigenvalue weighted by atomic mass is 10.1. The second-order valence-electron chi connectivity index (χ2n) is 5.50. The van der Waals surface area contributed by atoms with Gasteiger partial charge in [-0.3, -0.25) is 4.90 Å². The van der Waals surface area contributed by atoms with Crippen molar-refractivity contribution in [3.05, 3.63) is 28.2 Å². The maximum absolute atomic E-state index is 9.94. The predicted octanol–water partition coefficient (Wildman–Crippen LogP) is 3.03. The molecule has 2 rings (SSSR count). The molecule has 0 saturated carbocycles. The van der Waals surface area contributed by atoms with Crippen LogP contribution in [0.1, 0.15) is 32.4 Å². The Morgan fingerprint density at radius 3 is 2.26 bits per heavy atom. The average molecular weight is 327 g/mol. The fraction of sp³-hybridized carbons (Fsp3) is 0.600. The molecular weight excluding hydrogens is 304 g/mol. The van der Waals surface area contributed by atoms with Gasteiger partial charge in [-0.05, 0) is 39.0 Å². The van der Waals surface area contributed by atoms with Crippen LogP contribution in [0.2, 0.25) is 0 Å². The quantitative estimate of drug-likeness (QED) is 0.924. The second kappa shape index (κ2) is 6.25. The van der Waals surface area contributed by atoms with Crippen molar-refractivity contribution < 1.29 is 5.11 Å². The van der Waals surface area contributed by atoms with Crippen LogP contribution in [-0.4, -0.2) is 42.2 Å². The lowest BCUT2D eigenvalue weighted by molar-refractivity contribution is 0.196. The molecule has 4 heteroatoms. The third kappa shape index (κ3) is 3.50. The van der Waals surface area contributed by atoms with Crippen molar-refractivity contribution in [2.45, 2.75) is 32.9 Å². The number of rotatable bonds is 3. The van der Waals surface area contributed by atoms with E-state index in [1.165, 1.54) is 5.69 Å². The molecule has 1 aliphatic heterocycles. The summed E-state index contributed by atoms with van der Waals surface area (Å²) < 4.78 is 1.02. The van der Waals surface area contributed by atoms with Gasteiger partial charge in [0.15, 0.2) is 0 Å². The Kier molecular flexibility index (Phi) is 4.87. The van der Waals surface area contributed by atoms with E-state index in [0.29, 0.717) is 6.04 Å². The van der Waals surface area contributed by atoms with Crippen molar-refractivity contribution in [2.24, 2.45) is 0 Å². The standard InChI is InChI=1S/C15H23BrN2O/c1-11(2)17-6-8-18(9-7-17)15-5-4-13(16)10-14(15)12(3)19/h4-5,10-12,19H,6-9H2,1-3H3. The highest BCUT2D eigenvalue weighted by Crippen LogP contribution is 2.30.